The molecule has 0 fully saturated rings. The first-order valence-electron chi connectivity index (χ1n) is 21.4. The van der Waals surface area contributed by atoms with Crippen molar-refractivity contribution in [2.24, 2.45) is 0 Å². The number of benzene rings is 10. The summed E-state index contributed by atoms with van der Waals surface area (Å²) in [5, 5.41) is 5.12. The van der Waals surface area contributed by atoms with E-state index in [1.165, 1.54) is 92.1 Å². The predicted molar refractivity (Wildman–Crippen MR) is 265 cm³/mol. The van der Waals surface area contributed by atoms with Crippen LogP contribution in [0.15, 0.2) is 231 Å². The van der Waals surface area contributed by atoms with Crippen molar-refractivity contribution in [2.75, 3.05) is 4.90 Å². The zero-order chi connectivity index (χ0) is 41.2. The molecule has 1 nitrogen and oxygen atoms in total. The molecule has 0 amide bonds. The fraction of sp³-hybridized carbons (Fsp3) is 0.0333. The summed E-state index contributed by atoms with van der Waals surface area (Å²) in [5.74, 6) is 0. The van der Waals surface area contributed by atoms with E-state index < -0.39 is 0 Å². The van der Waals surface area contributed by atoms with Crippen molar-refractivity contribution in [1.82, 2.24) is 0 Å². The number of nitrogens with zero attached hydrogens (tertiary/aromatic N) is 1. The van der Waals surface area contributed by atoms with Crippen molar-refractivity contribution in [3.05, 3.63) is 247 Å². The monoisotopic (exact) mass is 807 g/mol. The van der Waals surface area contributed by atoms with Crippen LogP contribution < -0.4 is 4.90 Å². The lowest BCUT2D eigenvalue weighted by Gasteiger charge is -2.29. The van der Waals surface area contributed by atoms with E-state index in [4.69, 9.17) is 0 Å². The number of fused-ring (bicyclic) bond motifs is 7. The van der Waals surface area contributed by atoms with Crippen molar-refractivity contribution in [2.45, 2.75) is 12.3 Å². The van der Waals surface area contributed by atoms with Crippen LogP contribution in [0.5, 0.6) is 0 Å². The molecule has 0 saturated carbocycles. The first kappa shape index (κ1) is 36.3. The van der Waals surface area contributed by atoms with Crippen molar-refractivity contribution < 1.29 is 0 Å². The van der Waals surface area contributed by atoms with E-state index in [1.54, 1.807) is 0 Å². The minimum absolute atomic E-state index is 0.251. The van der Waals surface area contributed by atoms with Gasteiger partial charge in [-0.15, -0.1) is 11.3 Å². The largest absolute Gasteiger partial charge is 0.310 e. The second kappa shape index (κ2) is 14.6. The molecule has 1 atom stereocenters. The van der Waals surface area contributed by atoms with Gasteiger partial charge >= 0.3 is 0 Å². The third-order valence-corrected chi connectivity index (χ3v) is 14.3. The molecule has 1 aromatic heterocycles. The van der Waals surface area contributed by atoms with Crippen LogP contribution in [0.3, 0.4) is 0 Å². The number of hydrogen-bond acceptors (Lipinski definition) is 2. The molecule has 0 radical (unpaired) electrons. The smallest absolute Gasteiger partial charge is 0.0540 e. The molecule has 1 heterocycles. The van der Waals surface area contributed by atoms with Gasteiger partial charge < -0.3 is 4.90 Å². The summed E-state index contributed by atoms with van der Waals surface area (Å²) >= 11 is 1.87. The summed E-state index contributed by atoms with van der Waals surface area (Å²) in [5.41, 5.74) is 17.0. The Balaban J connectivity index is 0.985. The van der Waals surface area contributed by atoms with Crippen LogP contribution in [0, 0.1) is 0 Å². The predicted octanol–water partition coefficient (Wildman–Crippen LogP) is 17.0. The molecule has 10 aromatic carbocycles. The van der Waals surface area contributed by atoms with Crippen LogP contribution in [-0.2, 0) is 5.41 Å². The van der Waals surface area contributed by atoms with Crippen molar-refractivity contribution >= 4 is 59.3 Å². The molecule has 0 spiro atoms. The summed E-state index contributed by atoms with van der Waals surface area (Å²) in [6, 6.07) is 85.0. The zero-order valence-electron chi connectivity index (χ0n) is 34.3. The Morgan fingerprint density at radius 1 is 0.371 bits per heavy atom. The highest BCUT2D eigenvalue weighted by Crippen LogP contribution is 2.53. The topological polar surface area (TPSA) is 3.24 Å². The summed E-state index contributed by atoms with van der Waals surface area (Å²) in [4.78, 5) is 2.43. The summed E-state index contributed by atoms with van der Waals surface area (Å²) < 4.78 is 2.64. The lowest BCUT2D eigenvalue weighted by Crippen LogP contribution is -2.22. The maximum atomic E-state index is 2.43. The quantitative estimate of drug-likeness (QED) is 0.155. The lowest BCUT2D eigenvalue weighted by molar-refractivity contribution is 0.714. The number of hydrogen-bond donors (Lipinski definition) is 0. The Kier molecular flexibility index (Phi) is 8.55. The van der Waals surface area contributed by atoms with Gasteiger partial charge in [-0.2, -0.15) is 0 Å². The number of thiophene rings is 1. The van der Waals surface area contributed by atoms with Crippen LogP contribution in [0.2, 0.25) is 0 Å². The molecule has 62 heavy (non-hydrogen) atoms. The Morgan fingerprint density at radius 2 is 0.935 bits per heavy atom. The van der Waals surface area contributed by atoms with E-state index in [0.717, 1.165) is 17.1 Å². The van der Waals surface area contributed by atoms with Crippen molar-refractivity contribution in [3.8, 4) is 44.5 Å². The molecule has 0 N–H and O–H groups in total. The van der Waals surface area contributed by atoms with Gasteiger partial charge in [0, 0.05) is 42.5 Å². The molecule has 12 rings (SSSR count). The van der Waals surface area contributed by atoms with Crippen LogP contribution >= 0.6 is 11.3 Å². The molecule has 0 aliphatic heterocycles. The van der Waals surface area contributed by atoms with Gasteiger partial charge in [-0.25, -0.2) is 0 Å². The fourth-order valence-electron chi connectivity index (χ4n) is 10.1. The van der Waals surface area contributed by atoms with E-state index in [9.17, 15) is 0 Å². The van der Waals surface area contributed by atoms with Crippen LogP contribution in [0.25, 0.3) is 75.5 Å². The molecule has 1 aliphatic carbocycles. The second-order valence-electron chi connectivity index (χ2n) is 16.5. The maximum Gasteiger partial charge on any atom is 0.0540 e. The molecule has 1 unspecified atom stereocenters. The Morgan fingerprint density at radius 3 is 1.76 bits per heavy atom. The number of rotatable bonds is 7. The highest BCUT2D eigenvalue weighted by Gasteiger charge is 2.40. The van der Waals surface area contributed by atoms with Gasteiger partial charge in [-0.1, -0.05) is 182 Å². The normalized spacial score (nSPS) is 14.3. The first-order valence-corrected chi connectivity index (χ1v) is 22.2. The minimum Gasteiger partial charge on any atom is -0.310 e. The van der Waals surface area contributed by atoms with Crippen LogP contribution in [0.4, 0.5) is 17.1 Å². The fourth-order valence-corrected chi connectivity index (χ4v) is 11.3. The van der Waals surface area contributed by atoms with Gasteiger partial charge in [0.25, 0.3) is 0 Å². The third-order valence-electron chi connectivity index (χ3n) is 13.2. The second-order valence-corrected chi connectivity index (χ2v) is 17.6. The Bertz CT molecular complexity index is 3470. The molecule has 0 bridgehead atoms. The average molecular weight is 808 g/mol. The van der Waals surface area contributed by atoms with Gasteiger partial charge in [-0.3, -0.25) is 0 Å². The van der Waals surface area contributed by atoms with Gasteiger partial charge in [0.1, 0.15) is 0 Å². The van der Waals surface area contributed by atoms with E-state index in [0.29, 0.717) is 0 Å². The van der Waals surface area contributed by atoms with Gasteiger partial charge in [0.05, 0.1) is 5.69 Å². The number of para-hydroxylation sites is 1. The molecular formula is C60H41NS. The van der Waals surface area contributed by atoms with Crippen molar-refractivity contribution in [1.29, 1.82) is 0 Å². The van der Waals surface area contributed by atoms with E-state index >= 15 is 0 Å². The highest BCUT2D eigenvalue weighted by atomic mass is 32.1. The average Bonchev–Trinajstić information content (AvgIpc) is 3.85. The summed E-state index contributed by atoms with van der Waals surface area (Å²) in [6.07, 6.45) is 0. The first-order chi connectivity index (χ1) is 30.6. The Hall–Kier alpha value is -7.52. The zero-order valence-corrected chi connectivity index (χ0v) is 35.1. The molecule has 11 aromatic rings. The van der Waals surface area contributed by atoms with Gasteiger partial charge in [-0.05, 0) is 122 Å². The van der Waals surface area contributed by atoms with Gasteiger partial charge in [0.15, 0.2) is 0 Å². The summed E-state index contributed by atoms with van der Waals surface area (Å²) in [6.45, 7) is 2.39. The number of anilines is 3. The molecule has 292 valence electrons. The molecular weight excluding hydrogens is 767 g/mol. The highest BCUT2D eigenvalue weighted by molar-refractivity contribution is 7.25. The van der Waals surface area contributed by atoms with E-state index in [2.05, 4.69) is 242 Å². The van der Waals surface area contributed by atoms with Crippen LogP contribution in [0.1, 0.15) is 23.6 Å². The maximum absolute atomic E-state index is 2.43. The Labute approximate surface area is 366 Å². The van der Waals surface area contributed by atoms with E-state index in [1.807, 2.05) is 11.3 Å². The molecule has 0 saturated heterocycles. The summed E-state index contributed by atoms with van der Waals surface area (Å²) in [7, 11) is 0. The standard InChI is InChI=1S/C60H41NS/c1-60(44-17-3-2-4-18-44)54-25-10-7-20-50(54)51-38-33-43(39-55(51)60)40-29-34-45(35-30-40)61(56-26-11-8-21-52(56)49-24-13-16-41-15-5-6-19-47(41)49)46-36-31-42(32-37-46)48-23-14-28-58-59(48)53-22-9-12-27-57(53)62-58/h2-39H,1H3. The molecule has 1 aliphatic rings. The lowest BCUT2D eigenvalue weighted by atomic mass is 9.74. The van der Waals surface area contributed by atoms with Crippen molar-refractivity contribution in [3.63, 3.8) is 0 Å². The minimum atomic E-state index is -0.251. The SMILES string of the molecule is CC1(c2ccccc2)c2ccccc2-c2ccc(-c3ccc(N(c4ccc(-c5cccc6sc7ccccc7c56)cc4)c4ccccc4-c4cccc5ccccc45)cc3)cc21. The van der Waals surface area contributed by atoms with Gasteiger partial charge in [0.2, 0.25) is 0 Å². The van der Waals surface area contributed by atoms with Crippen LogP contribution in [-0.4, -0.2) is 0 Å². The third kappa shape index (κ3) is 5.75. The molecule has 2 heteroatoms. The van der Waals surface area contributed by atoms with E-state index in [-0.39, 0.29) is 5.41 Å².